The minimum atomic E-state index is -1.83. The van der Waals surface area contributed by atoms with Crippen LogP contribution in [-0.2, 0) is 27.2 Å². The van der Waals surface area contributed by atoms with Crippen molar-refractivity contribution in [3.05, 3.63) is 0 Å². The van der Waals surface area contributed by atoms with Crippen molar-refractivity contribution in [2.75, 3.05) is 0 Å². The Morgan fingerprint density at radius 1 is 1.20 bits per heavy atom. The normalized spacial score (nSPS) is 4.90. The van der Waals surface area contributed by atoms with Crippen LogP contribution in [0.15, 0.2) is 0 Å². The molecule has 0 aliphatic carbocycles. The Hall–Kier alpha value is 0.246. The first-order valence-corrected chi connectivity index (χ1v) is 1.58. The van der Waals surface area contributed by atoms with Gasteiger partial charge in [0, 0.05) is 29.3 Å². The maximum Gasteiger partial charge on any atom is 2.00 e. The number of aliphatic carboxylic acids is 1. The van der Waals surface area contributed by atoms with Gasteiger partial charge in [-0.05, 0) is 0 Å². The third kappa shape index (κ3) is 7130. The molecule has 0 saturated heterocycles. The van der Waals surface area contributed by atoms with Gasteiger partial charge in [0.25, 0.3) is 5.97 Å². The van der Waals surface area contributed by atoms with Gasteiger partial charge in [-0.25, -0.2) is 4.79 Å². The number of hydrogen-bond donors (Lipinski definition) is 3. The van der Waals surface area contributed by atoms with Gasteiger partial charge in [0.15, 0.2) is 0 Å². The Balaban J connectivity index is -0.0000000112. The maximum absolute atomic E-state index is 9.00. The van der Waals surface area contributed by atoms with Gasteiger partial charge in [-0.1, -0.05) is 0 Å². The average Bonchev–Trinajstić information content (AvgIpc) is 1.25. The Morgan fingerprint density at radius 3 is 1.20 bits per heavy atom. The van der Waals surface area contributed by atoms with Crippen LogP contribution in [-0.4, -0.2) is 50.5 Å². The molecule has 57 valence electrons. The monoisotopic (exact) mass is 241 g/mol. The molecule has 0 rings (SSSR count). The van der Waals surface area contributed by atoms with Crippen LogP contribution in [0.4, 0.5) is 4.79 Å². The van der Waals surface area contributed by atoms with Gasteiger partial charge in [0.2, 0.25) is 0 Å². The van der Waals surface area contributed by atoms with Gasteiger partial charge < -0.3 is 18.2 Å². The van der Waals surface area contributed by atoms with Gasteiger partial charge >= 0.3 is 29.2 Å². The number of rotatable bonds is 0. The molecule has 1 radical (unpaired) electrons. The van der Waals surface area contributed by atoms with E-state index in [0.29, 0.717) is 0 Å². The molecule has 5 nitrogen and oxygen atoms in total. The first-order valence-electron chi connectivity index (χ1n) is 1.58. The van der Waals surface area contributed by atoms with E-state index in [4.69, 9.17) is 24.9 Å². The van der Waals surface area contributed by atoms with Crippen molar-refractivity contribution in [1.82, 2.24) is 0 Å². The zero-order valence-electron chi connectivity index (χ0n) is 7.31. The molecular formula is C3H8MgNbO5. The maximum atomic E-state index is 9.00. The zero-order chi connectivity index (χ0) is 7.15. The summed E-state index contributed by atoms with van der Waals surface area (Å²) in [4.78, 5) is 17.6. The van der Waals surface area contributed by atoms with Crippen LogP contribution >= 0.6 is 0 Å². The van der Waals surface area contributed by atoms with Crippen molar-refractivity contribution in [3.63, 3.8) is 0 Å². The number of hydrogen-bond acceptors (Lipinski definition) is 2. The zero-order valence-corrected chi connectivity index (χ0v) is 8.93. The first-order chi connectivity index (χ1) is 3.46. The molecule has 0 aromatic rings. The third-order valence-corrected chi connectivity index (χ3v) is 0. The van der Waals surface area contributed by atoms with Crippen LogP contribution in [0, 0.1) is 0 Å². The van der Waals surface area contributed by atoms with E-state index >= 15 is 0 Å². The van der Waals surface area contributed by atoms with Crippen LogP contribution in [0.2, 0.25) is 0 Å². The van der Waals surface area contributed by atoms with Crippen molar-refractivity contribution in [1.29, 1.82) is 0 Å². The molecule has 0 heterocycles. The fourth-order valence-electron chi connectivity index (χ4n) is 0. The second-order valence-corrected chi connectivity index (χ2v) is 0.802. The fraction of sp³-hybridized carbons (Fsp3) is 0.333. The SMILES string of the molecule is CC(=O)O.O=C(O)O.[H-].[H-].[Mg+2].[Nb]. The number of carboxylic acid groups (broad SMARTS) is 3. The summed E-state index contributed by atoms with van der Waals surface area (Å²) in [5, 5.41) is 21.4. The molecule has 3 N–H and O–H groups in total. The second-order valence-electron chi connectivity index (χ2n) is 0.802. The molecule has 0 spiro atoms. The quantitative estimate of drug-likeness (QED) is 0.525. The summed E-state index contributed by atoms with van der Waals surface area (Å²) >= 11 is 0. The predicted octanol–water partition coefficient (Wildman–Crippen LogP) is 0.155. The Morgan fingerprint density at radius 2 is 1.20 bits per heavy atom. The molecule has 0 aliphatic heterocycles. The van der Waals surface area contributed by atoms with E-state index in [9.17, 15) is 0 Å². The molecule has 10 heavy (non-hydrogen) atoms. The van der Waals surface area contributed by atoms with Crippen LogP contribution in [0.5, 0.6) is 0 Å². The van der Waals surface area contributed by atoms with Crippen molar-refractivity contribution in [2.45, 2.75) is 6.92 Å². The van der Waals surface area contributed by atoms with E-state index in [1.54, 1.807) is 0 Å². The minimum Gasteiger partial charge on any atom is -1.00 e. The summed E-state index contributed by atoms with van der Waals surface area (Å²) in [5.74, 6) is -0.833. The molecule has 0 amide bonds. The van der Waals surface area contributed by atoms with E-state index in [1.807, 2.05) is 0 Å². The van der Waals surface area contributed by atoms with Crippen LogP contribution in [0.1, 0.15) is 9.78 Å². The Kier molecular flexibility index (Phi) is 36.2. The number of carbonyl (C=O) groups is 2. The predicted molar refractivity (Wildman–Crippen MR) is 31.9 cm³/mol. The summed E-state index contributed by atoms with van der Waals surface area (Å²) in [6, 6.07) is 0. The summed E-state index contributed by atoms with van der Waals surface area (Å²) in [7, 11) is 0. The van der Waals surface area contributed by atoms with Gasteiger partial charge in [-0.3, -0.25) is 4.79 Å². The molecular weight excluding hydrogens is 233 g/mol. The van der Waals surface area contributed by atoms with Gasteiger partial charge in [0.05, 0.1) is 0 Å². The molecule has 0 aromatic heterocycles. The van der Waals surface area contributed by atoms with E-state index in [2.05, 4.69) is 0 Å². The summed E-state index contributed by atoms with van der Waals surface area (Å²) in [6.07, 6.45) is -1.83. The molecule has 0 atom stereocenters. The molecule has 0 saturated carbocycles. The number of carboxylic acids is 1. The first kappa shape index (κ1) is 22.5. The third-order valence-electron chi connectivity index (χ3n) is 0. The van der Waals surface area contributed by atoms with Crippen molar-refractivity contribution >= 4 is 35.2 Å². The van der Waals surface area contributed by atoms with Crippen LogP contribution in [0.3, 0.4) is 0 Å². The minimum absolute atomic E-state index is 0. The molecule has 0 fully saturated rings. The van der Waals surface area contributed by atoms with E-state index in [-0.39, 0.29) is 48.3 Å². The van der Waals surface area contributed by atoms with Gasteiger partial charge in [-0.2, -0.15) is 0 Å². The van der Waals surface area contributed by atoms with Crippen LogP contribution in [0.25, 0.3) is 0 Å². The summed E-state index contributed by atoms with van der Waals surface area (Å²) in [5.41, 5.74) is 0. The molecule has 0 unspecified atom stereocenters. The fourth-order valence-corrected chi connectivity index (χ4v) is 0. The average molecular weight is 241 g/mol. The Bertz CT molecular complexity index is 82.7. The topological polar surface area (TPSA) is 94.8 Å². The smallest absolute Gasteiger partial charge is 1.00 e. The van der Waals surface area contributed by atoms with Crippen molar-refractivity contribution < 1.29 is 50.1 Å². The van der Waals surface area contributed by atoms with E-state index < -0.39 is 12.1 Å². The van der Waals surface area contributed by atoms with Crippen molar-refractivity contribution in [2.24, 2.45) is 0 Å². The standard InChI is InChI=1S/C2H4O2.CH2O3.Mg.Nb.2H/c1-2(3)4;2-1(3)4;;;;/h1H3,(H,3,4);(H2,2,3,4);;;;/q;;+2;;2*-1. The van der Waals surface area contributed by atoms with Gasteiger partial charge in [0.1, 0.15) is 0 Å². The van der Waals surface area contributed by atoms with Gasteiger partial charge in [-0.15, -0.1) is 0 Å². The van der Waals surface area contributed by atoms with Crippen molar-refractivity contribution in [3.8, 4) is 0 Å². The summed E-state index contributed by atoms with van der Waals surface area (Å²) in [6.45, 7) is 1.08. The van der Waals surface area contributed by atoms with E-state index in [1.165, 1.54) is 0 Å². The molecule has 7 heteroatoms. The molecule has 0 aliphatic rings. The second kappa shape index (κ2) is 16.1. The Labute approximate surface area is 92.1 Å². The largest absolute Gasteiger partial charge is 2.00 e. The molecule has 0 bridgehead atoms. The summed E-state index contributed by atoms with van der Waals surface area (Å²) < 4.78 is 0. The van der Waals surface area contributed by atoms with E-state index in [0.717, 1.165) is 6.92 Å². The van der Waals surface area contributed by atoms with Crippen LogP contribution < -0.4 is 0 Å². The molecule has 0 aromatic carbocycles.